The van der Waals surface area contributed by atoms with Gasteiger partial charge >= 0.3 is 0 Å². The van der Waals surface area contributed by atoms with Gasteiger partial charge in [0.25, 0.3) is 0 Å². The fourth-order valence-corrected chi connectivity index (χ4v) is 2.88. The minimum atomic E-state index is -0.340. The van der Waals surface area contributed by atoms with Crippen LogP contribution in [0.15, 0.2) is 42.5 Å². The predicted molar refractivity (Wildman–Crippen MR) is 81.8 cm³/mol. The van der Waals surface area contributed by atoms with Crippen molar-refractivity contribution in [2.24, 2.45) is 5.73 Å². The Balaban J connectivity index is 1.85. The highest BCUT2D eigenvalue weighted by atomic mass is 19.1. The highest BCUT2D eigenvalue weighted by molar-refractivity contribution is 5.35. The molecule has 0 radical (unpaired) electrons. The maximum absolute atomic E-state index is 14.2. The molecule has 1 unspecified atom stereocenters. The van der Waals surface area contributed by atoms with Gasteiger partial charge in [-0.3, -0.25) is 0 Å². The molecular formula is C18H20FNO. The summed E-state index contributed by atoms with van der Waals surface area (Å²) in [6.45, 7) is 1.84. The van der Waals surface area contributed by atoms with Crippen molar-refractivity contribution < 1.29 is 9.13 Å². The lowest BCUT2D eigenvalue weighted by molar-refractivity contribution is 0.175. The zero-order valence-electron chi connectivity index (χ0n) is 12.2. The van der Waals surface area contributed by atoms with Crippen LogP contribution in [0, 0.1) is 5.82 Å². The van der Waals surface area contributed by atoms with E-state index < -0.39 is 0 Å². The van der Waals surface area contributed by atoms with Crippen LogP contribution in [0.5, 0.6) is 5.75 Å². The molecule has 0 aliphatic heterocycles. The number of hydrogen-bond donors (Lipinski definition) is 1. The van der Waals surface area contributed by atoms with Gasteiger partial charge in [-0.25, -0.2) is 4.39 Å². The molecule has 3 heteroatoms. The summed E-state index contributed by atoms with van der Waals surface area (Å²) in [7, 11) is 0. The van der Waals surface area contributed by atoms with Crippen LogP contribution in [-0.4, -0.2) is 0 Å². The van der Waals surface area contributed by atoms with E-state index in [0.717, 1.165) is 24.8 Å². The fraction of sp³-hybridized carbons (Fsp3) is 0.333. The molecule has 0 amide bonds. The summed E-state index contributed by atoms with van der Waals surface area (Å²) in [5.41, 5.74) is 9.04. The number of benzene rings is 2. The van der Waals surface area contributed by atoms with Crippen LogP contribution in [0.25, 0.3) is 0 Å². The van der Waals surface area contributed by atoms with Crippen LogP contribution in [0.4, 0.5) is 4.39 Å². The molecular weight excluding hydrogens is 265 g/mol. The predicted octanol–water partition coefficient (Wildman–Crippen LogP) is 4.30. The molecule has 2 nitrogen and oxygen atoms in total. The van der Waals surface area contributed by atoms with Gasteiger partial charge in [0.1, 0.15) is 6.10 Å². The van der Waals surface area contributed by atoms with Gasteiger partial charge in [0.2, 0.25) is 0 Å². The highest BCUT2D eigenvalue weighted by Crippen LogP contribution is 2.34. The third-order valence-electron chi connectivity index (χ3n) is 4.07. The van der Waals surface area contributed by atoms with Crippen molar-refractivity contribution in [1.29, 1.82) is 0 Å². The summed E-state index contributed by atoms with van der Waals surface area (Å²) >= 11 is 0. The van der Waals surface area contributed by atoms with E-state index >= 15 is 0 Å². The minimum Gasteiger partial charge on any atom is -0.483 e. The van der Waals surface area contributed by atoms with Gasteiger partial charge in [-0.05, 0) is 55.0 Å². The van der Waals surface area contributed by atoms with Crippen LogP contribution in [0.1, 0.15) is 48.6 Å². The lowest BCUT2D eigenvalue weighted by Gasteiger charge is -2.26. The van der Waals surface area contributed by atoms with E-state index in [1.807, 2.05) is 25.1 Å². The number of aryl methyl sites for hydroxylation is 1. The second kappa shape index (κ2) is 5.86. The molecule has 1 aliphatic rings. The van der Waals surface area contributed by atoms with Gasteiger partial charge in [0.05, 0.1) is 0 Å². The summed E-state index contributed by atoms with van der Waals surface area (Å²) < 4.78 is 20.1. The molecule has 2 aromatic carbocycles. The van der Waals surface area contributed by atoms with Crippen molar-refractivity contribution in [1.82, 2.24) is 0 Å². The van der Waals surface area contributed by atoms with Crippen molar-refractivity contribution in [3.8, 4) is 5.75 Å². The third kappa shape index (κ3) is 2.93. The summed E-state index contributed by atoms with van der Waals surface area (Å²) in [6.07, 6.45) is 3.00. The van der Waals surface area contributed by atoms with Crippen molar-refractivity contribution in [2.45, 2.75) is 38.3 Å². The molecule has 1 aliphatic carbocycles. The molecule has 0 fully saturated rings. The van der Waals surface area contributed by atoms with Crippen LogP contribution in [0.3, 0.4) is 0 Å². The zero-order valence-corrected chi connectivity index (χ0v) is 12.2. The van der Waals surface area contributed by atoms with Crippen molar-refractivity contribution in [3.63, 3.8) is 0 Å². The van der Waals surface area contributed by atoms with Crippen molar-refractivity contribution in [2.75, 3.05) is 0 Å². The Morgan fingerprint density at radius 1 is 1.24 bits per heavy atom. The first-order chi connectivity index (χ1) is 10.1. The van der Waals surface area contributed by atoms with E-state index in [0.29, 0.717) is 5.75 Å². The molecule has 3 rings (SSSR count). The Morgan fingerprint density at radius 2 is 2.05 bits per heavy atom. The monoisotopic (exact) mass is 285 g/mol. The van der Waals surface area contributed by atoms with E-state index in [2.05, 4.69) is 12.1 Å². The molecule has 0 saturated carbocycles. The van der Waals surface area contributed by atoms with Gasteiger partial charge in [0.15, 0.2) is 11.6 Å². The maximum atomic E-state index is 14.2. The van der Waals surface area contributed by atoms with E-state index in [9.17, 15) is 4.39 Å². The normalized spacial score (nSPS) is 18.9. The fourth-order valence-electron chi connectivity index (χ4n) is 2.88. The quantitative estimate of drug-likeness (QED) is 0.912. The summed E-state index contributed by atoms with van der Waals surface area (Å²) in [5.74, 6) is -0.0334. The van der Waals surface area contributed by atoms with Gasteiger partial charge in [-0.15, -0.1) is 0 Å². The Hall–Kier alpha value is -1.87. The van der Waals surface area contributed by atoms with E-state index in [-0.39, 0.29) is 18.0 Å². The maximum Gasteiger partial charge on any atom is 0.165 e. The second-order valence-electron chi connectivity index (χ2n) is 5.68. The topological polar surface area (TPSA) is 35.2 Å². The van der Waals surface area contributed by atoms with Crippen molar-refractivity contribution >= 4 is 0 Å². The van der Waals surface area contributed by atoms with Gasteiger partial charge in [-0.2, -0.15) is 0 Å². The highest BCUT2D eigenvalue weighted by Gasteiger charge is 2.22. The average Bonchev–Trinajstić information content (AvgIpc) is 2.49. The third-order valence-corrected chi connectivity index (χ3v) is 4.07. The SMILES string of the molecule is C[C@@H](N)c1ccc(OC2CCCc3ccccc32)c(F)c1. The molecule has 0 heterocycles. The molecule has 110 valence electrons. The molecule has 21 heavy (non-hydrogen) atoms. The van der Waals surface area contributed by atoms with E-state index in [1.54, 1.807) is 6.07 Å². The second-order valence-corrected chi connectivity index (χ2v) is 5.68. The number of halogens is 1. The van der Waals surface area contributed by atoms with Crippen LogP contribution >= 0.6 is 0 Å². The Labute approximate surface area is 124 Å². The van der Waals surface area contributed by atoms with Crippen LogP contribution < -0.4 is 10.5 Å². The number of rotatable bonds is 3. The van der Waals surface area contributed by atoms with Crippen LogP contribution in [-0.2, 0) is 6.42 Å². The Kier molecular flexibility index (Phi) is 3.93. The smallest absolute Gasteiger partial charge is 0.165 e. The van der Waals surface area contributed by atoms with Crippen molar-refractivity contribution in [3.05, 3.63) is 65.0 Å². The lowest BCUT2D eigenvalue weighted by Crippen LogP contribution is -2.16. The summed E-state index contributed by atoms with van der Waals surface area (Å²) in [6, 6.07) is 13.1. The zero-order chi connectivity index (χ0) is 14.8. The Morgan fingerprint density at radius 3 is 2.81 bits per heavy atom. The lowest BCUT2D eigenvalue weighted by atomic mass is 9.89. The summed E-state index contributed by atoms with van der Waals surface area (Å²) in [4.78, 5) is 0. The first kappa shape index (κ1) is 14.1. The first-order valence-electron chi connectivity index (χ1n) is 7.44. The molecule has 2 aromatic rings. The van der Waals surface area contributed by atoms with Gasteiger partial charge in [-0.1, -0.05) is 30.3 Å². The Bertz CT molecular complexity index is 639. The van der Waals surface area contributed by atoms with Gasteiger partial charge in [0, 0.05) is 6.04 Å². The molecule has 0 saturated heterocycles. The van der Waals surface area contributed by atoms with E-state index in [4.69, 9.17) is 10.5 Å². The number of hydrogen-bond acceptors (Lipinski definition) is 2. The number of nitrogens with two attached hydrogens (primary N) is 1. The van der Waals surface area contributed by atoms with E-state index in [1.165, 1.54) is 17.2 Å². The van der Waals surface area contributed by atoms with Gasteiger partial charge < -0.3 is 10.5 Å². The minimum absolute atomic E-state index is 0.0643. The number of fused-ring (bicyclic) bond motifs is 1. The molecule has 0 spiro atoms. The standard InChI is InChI=1S/C18H20FNO/c1-12(20)14-9-10-18(16(19)11-14)21-17-8-4-6-13-5-2-3-7-15(13)17/h2-3,5,7,9-12,17H,4,6,8,20H2,1H3/t12-,17?/m1/s1. The summed E-state index contributed by atoms with van der Waals surface area (Å²) in [5, 5.41) is 0. The largest absolute Gasteiger partial charge is 0.483 e. The molecule has 2 N–H and O–H groups in total. The molecule has 0 aromatic heterocycles. The average molecular weight is 285 g/mol. The van der Waals surface area contributed by atoms with Crippen LogP contribution in [0.2, 0.25) is 0 Å². The molecule has 0 bridgehead atoms. The first-order valence-corrected chi connectivity index (χ1v) is 7.44. The molecule has 2 atom stereocenters. The number of ether oxygens (including phenoxy) is 1.